The smallest absolute Gasteiger partial charge is 0.329 e. The van der Waals surface area contributed by atoms with Crippen molar-refractivity contribution in [2.75, 3.05) is 19.7 Å². The first-order valence-corrected chi connectivity index (χ1v) is 10.8. The van der Waals surface area contributed by atoms with Crippen molar-refractivity contribution in [3.63, 3.8) is 0 Å². The maximum atomic E-state index is 13.3. The minimum absolute atomic E-state index is 0.0519. The van der Waals surface area contributed by atoms with E-state index < -0.39 is 6.61 Å². The Balaban J connectivity index is 1.66. The van der Waals surface area contributed by atoms with Crippen LogP contribution in [-0.2, 0) is 11.8 Å². The van der Waals surface area contributed by atoms with E-state index in [2.05, 4.69) is 11.1 Å². The molecule has 4 aromatic rings. The second-order valence-electron chi connectivity index (χ2n) is 8.41. The van der Waals surface area contributed by atoms with E-state index >= 15 is 0 Å². The van der Waals surface area contributed by atoms with Crippen molar-refractivity contribution in [1.82, 2.24) is 24.0 Å². The summed E-state index contributed by atoms with van der Waals surface area (Å²) in [5, 5.41) is 9.15. The van der Waals surface area contributed by atoms with Gasteiger partial charge in [0.25, 0.3) is 0 Å². The molecule has 1 aromatic carbocycles. The fraction of sp³-hybridized carbons (Fsp3) is 0.333. The Labute approximate surface area is 184 Å². The maximum absolute atomic E-state index is 13.3. The summed E-state index contributed by atoms with van der Waals surface area (Å²) >= 11 is 0. The molecule has 0 spiro atoms. The van der Waals surface area contributed by atoms with Crippen LogP contribution in [0.3, 0.4) is 0 Å². The highest BCUT2D eigenvalue weighted by Crippen LogP contribution is 2.30. The number of hydrogen-bond acceptors (Lipinski definition) is 5. The highest BCUT2D eigenvalue weighted by Gasteiger charge is 2.27. The van der Waals surface area contributed by atoms with Crippen molar-refractivity contribution in [3.05, 3.63) is 58.6 Å². The molecular weight excluding hydrogens is 406 g/mol. The molecule has 0 aliphatic carbocycles. The lowest BCUT2D eigenvalue weighted by Gasteiger charge is -2.32. The summed E-state index contributed by atoms with van der Waals surface area (Å²) in [6.07, 6.45) is 3.02. The minimum atomic E-state index is -0.485. The molecular formula is C24H25N5O3. The number of imidazole rings is 1. The number of fused-ring (bicyclic) bond motifs is 3. The Hall–Kier alpha value is -3.52. The predicted molar refractivity (Wildman–Crippen MR) is 122 cm³/mol. The summed E-state index contributed by atoms with van der Waals surface area (Å²) in [5.41, 5.74) is 5.86. The van der Waals surface area contributed by atoms with Gasteiger partial charge in [-0.2, -0.15) is 0 Å². The van der Waals surface area contributed by atoms with Gasteiger partial charge < -0.3 is 10.0 Å². The molecule has 3 aromatic heterocycles. The Morgan fingerprint density at radius 3 is 2.69 bits per heavy atom. The monoisotopic (exact) mass is 431 g/mol. The minimum Gasteiger partial charge on any atom is -0.387 e. The standard InChI is InChI=1S/C24H25N5O3/c1-15-4-3-5-16(12-15)18-6-7-19-22(26-18)23-20(13-25-19)27(2)24(32)29(23)17-8-10-28(11-9-17)21(31)14-30/h3-7,12-13,17,30H,8-11,14H2,1-2H3. The summed E-state index contributed by atoms with van der Waals surface area (Å²) in [6.45, 7) is 2.59. The van der Waals surface area contributed by atoms with E-state index in [0.29, 0.717) is 31.4 Å². The molecule has 164 valence electrons. The molecule has 1 saturated heterocycles. The normalized spacial score (nSPS) is 15.0. The number of aryl methyl sites for hydroxylation is 2. The molecule has 0 bridgehead atoms. The van der Waals surface area contributed by atoms with Crippen LogP contribution in [0.2, 0.25) is 0 Å². The van der Waals surface area contributed by atoms with Crippen LogP contribution in [0.4, 0.5) is 0 Å². The summed E-state index contributed by atoms with van der Waals surface area (Å²) in [4.78, 5) is 36.3. The van der Waals surface area contributed by atoms with Gasteiger partial charge in [-0.15, -0.1) is 0 Å². The molecule has 0 atom stereocenters. The zero-order chi connectivity index (χ0) is 22.4. The van der Waals surface area contributed by atoms with Crippen molar-refractivity contribution < 1.29 is 9.90 Å². The van der Waals surface area contributed by atoms with Gasteiger partial charge in [0.05, 0.1) is 28.4 Å². The Bertz CT molecular complexity index is 1400. The highest BCUT2D eigenvalue weighted by molar-refractivity contribution is 6.00. The molecule has 1 aliphatic rings. The third kappa shape index (κ3) is 3.27. The number of amides is 1. The van der Waals surface area contributed by atoms with Crippen LogP contribution in [0, 0.1) is 6.92 Å². The van der Waals surface area contributed by atoms with Gasteiger partial charge in [0, 0.05) is 31.7 Å². The van der Waals surface area contributed by atoms with Crippen LogP contribution in [0.25, 0.3) is 33.3 Å². The zero-order valence-corrected chi connectivity index (χ0v) is 18.2. The number of carbonyl (C=O) groups excluding carboxylic acids is 1. The molecule has 1 aliphatic heterocycles. The number of hydrogen-bond donors (Lipinski definition) is 1. The van der Waals surface area contributed by atoms with E-state index in [-0.39, 0.29) is 17.6 Å². The number of aliphatic hydroxyl groups excluding tert-OH is 1. The largest absolute Gasteiger partial charge is 0.387 e. The van der Waals surface area contributed by atoms with Crippen LogP contribution in [0.1, 0.15) is 24.4 Å². The number of pyridine rings is 2. The van der Waals surface area contributed by atoms with Crippen molar-refractivity contribution in [1.29, 1.82) is 0 Å². The van der Waals surface area contributed by atoms with E-state index in [1.165, 1.54) is 0 Å². The number of aromatic nitrogens is 4. The van der Waals surface area contributed by atoms with Gasteiger partial charge in [-0.3, -0.25) is 18.9 Å². The average molecular weight is 431 g/mol. The van der Waals surface area contributed by atoms with E-state index in [1.54, 1.807) is 22.7 Å². The topological polar surface area (TPSA) is 93.2 Å². The maximum Gasteiger partial charge on any atom is 0.329 e. The molecule has 4 heterocycles. The first-order valence-electron chi connectivity index (χ1n) is 10.8. The average Bonchev–Trinajstić information content (AvgIpc) is 3.08. The van der Waals surface area contributed by atoms with Gasteiger partial charge in [-0.1, -0.05) is 23.8 Å². The summed E-state index contributed by atoms with van der Waals surface area (Å²) < 4.78 is 3.45. The van der Waals surface area contributed by atoms with Gasteiger partial charge in [0.2, 0.25) is 5.91 Å². The molecule has 1 N–H and O–H groups in total. The fourth-order valence-corrected chi connectivity index (χ4v) is 4.66. The number of rotatable bonds is 3. The molecule has 0 unspecified atom stereocenters. The molecule has 5 rings (SSSR count). The van der Waals surface area contributed by atoms with Crippen molar-refractivity contribution in [2.24, 2.45) is 7.05 Å². The van der Waals surface area contributed by atoms with Crippen molar-refractivity contribution >= 4 is 28.0 Å². The first kappa shape index (κ1) is 20.4. The van der Waals surface area contributed by atoms with Gasteiger partial charge in [0.15, 0.2) is 0 Å². The van der Waals surface area contributed by atoms with Crippen LogP contribution in [-0.4, -0.2) is 54.7 Å². The lowest BCUT2D eigenvalue weighted by atomic mass is 10.0. The molecule has 1 fully saturated rings. The third-order valence-corrected chi connectivity index (χ3v) is 6.39. The van der Waals surface area contributed by atoms with Gasteiger partial charge in [-0.05, 0) is 38.0 Å². The van der Waals surface area contributed by atoms with Gasteiger partial charge >= 0.3 is 5.69 Å². The highest BCUT2D eigenvalue weighted by atomic mass is 16.3. The van der Waals surface area contributed by atoms with Gasteiger partial charge in [0.1, 0.15) is 12.1 Å². The number of nitrogens with zero attached hydrogens (tertiary/aromatic N) is 5. The summed E-state index contributed by atoms with van der Waals surface area (Å²) in [7, 11) is 1.75. The second kappa shape index (κ2) is 7.87. The number of benzene rings is 1. The molecule has 1 amide bonds. The van der Waals surface area contributed by atoms with Crippen LogP contribution >= 0.6 is 0 Å². The first-order chi connectivity index (χ1) is 15.5. The molecule has 8 heteroatoms. The van der Waals surface area contributed by atoms with E-state index in [9.17, 15) is 9.59 Å². The Morgan fingerprint density at radius 2 is 1.97 bits per heavy atom. The lowest BCUT2D eigenvalue weighted by Crippen LogP contribution is -2.42. The second-order valence-corrected chi connectivity index (χ2v) is 8.41. The Morgan fingerprint density at radius 1 is 1.19 bits per heavy atom. The zero-order valence-electron chi connectivity index (χ0n) is 18.2. The van der Waals surface area contributed by atoms with Gasteiger partial charge in [-0.25, -0.2) is 9.78 Å². The van der Waals surface area contributed by atoms with Crippen molar-refractivity contribution in [2.45, 2.75) is 25.8 Å². The van der Waals surface area contributed by atoms with Crippen LogP contribution in [0.5, 0.6) is 0 Å². The molecule has 0 saturated carbocycles. The quantitative estimate of drug-likeness (QED) is 0.538. The Kier molecular flexibility index (Phi) is 5.01. The number of aliphatic hydroxyl groups is 1. The summed E-state index contributed by atoms with van der Waals surface area (Å²) in [5.74, 6) is -0.271. The van der Waals surface area contributed by atoms with Crippen molar-refractivity contribution in [3.8, 4) is 11.3 Å². The predicted octanol–water partition coefficient (Wildman–Crippen LogP) is 2.41. The molecule has 0 radical (unpaired) electrons. The van der Waals surface area contributed by atoms with E-state index in [0.717, 1.165) is 33.4 Å². The van der Waals surface area contributed by atoms with E-state index in [4.69, 9.17) is 10.1 Å². The summed E-state index contributed by atoms with van der Waals surface area (Å²) in [6, 6.07) is 12.0. The lowest BCUT2D eigenvalue weighted by molar-refractivity contribution is -0.135. The number of likely N-dealkylation sites (tertiary alicyclic amines) is 1. The van der Waals surface area contributed by atoms with Crippen LogP contribution < -0.4 is 5.69 Å². The third-order valence-electron chi connectivity index (χ3n) is 6.39. The molecule has 8 nitrogen and oxygen atoms in total. The fourth-order valence-electron chi connectivity index (χ4n) is 4.66. The number of piperidine rings is 1. The SMILES string of the molecule is Cc1cccc(-c2ccc3ncc4c(c3n2)n(C2CCN(C(=O)CO)CC2)c(=O)n4C)c1. The van der Waals surface area contributed by atoms with Crippen LogP contribution in [0.15, 0.2) is 47.4 Å². The molecule has 32 heavy (non-hydrogen) atoms. The number of carbonyl (C=O) groups is 1. The van der Waals surface area contributed by atoms with E-state index in [1.807, 2.05) is 41.8 Å².